The lowest BCUT2D eigenvalue weighted by atomic mass is 10.2. The molecular formula is C12H9F3N2S. The Bertz CT molecular complexity index is 623. The second-order valence-corrected chi connectivity index (χ2v) is 4.59. The number of halogens is 3. The Kier molecular flexibility index (Phi) is 3.26. The van der Waals surface area contributed by atoms with Gasteiger partial charge in [0.05, 0.1) is 22.3 Å². The molecule has 1 aromatic heterocycles. The standard InChI is InChI=1S/C12H9F3N2S/c1-3-6-18-11-16-9-7-8(12(13,14)15)4-5-10(9)17(11)2/h1,4-5,7H,6H2,2H3. The Hall–Kier alpha value is -1.61. The van der Waals surface area contributed by atoms with Gasteiger partial charge in [-0.2, -0.15) is 13.2 Å². The Balaban J connectivity index is 2.49. The van der Waals surface area contributed by atoms with Crippen LogP contribution in [0.3, 0.4) is 0 Å². The van der Waals surface area contributed by atoms with Gasteiger partial charge < -0.3 is 4.57 Å². The molecule has 0 bridgehead atoms. The molecular weight excluding hydrogens is 261 g/mol. The molecule has 18 heavy (non-hydrogen) atoms. The first-order valence-corrected chi connectivity index (χ1v) is 6.02. The topological polar surface area (TPSA) is 17.8 Å². The van der Waals surface area contributed by atoms with Crippen molar-refractivity contribution in [2.75, 3.05) is 5.75 Å². The zero-order chi connectivity index (χ0) is 13.3. The zero-order valence-electron chi connectivity index (χ0n) is 9.45. The van der Waals surface area contributed by atoms with Crippen LogP contribution < -0.4 is 0 Å². The van der Waals surface area contributed by atoms with E-state index in [1.807, 2.05) is 0 Å². The van der Waals surface area contributed by atoms with Gasteiger partial charge in [-0.25, -0.2) is 4.98 Å². The molecule has 0 aliphatic carbocycles. The van der Waals surface area contributed by atoms with Crippen molar-refractivity contribution in [3.8, 4) is 12.3 Å². The van der Waals surface area contributed by atoms with Gasteiger partial charge in [-0.1, -0.05) is 17.7 Å². The van der Waals surface area contributed by atoms with Crippen molar-refractivity contribution in [2.45, 2.75) is 11.3 Å². The van der Waals surface area contributed by atoms with E-state index in [0.29, 0.717) is 21.9 Å². The van der Waals surface area contributed by atoms with E-state index in [1.165, 1.54) is 17.8 Å². The van der Waals surface area contributed by atoms with Crippen LogP contribution in [0, 0.1) is 12.3 Å². The highest BCUT2D eigenvalue weighted by molar-refractivity contribution is 7.99. The van der Waals surface area contributed by atoms with Crippen LogP contribution in [0.2, 0.25) is 0 Å². The fraction of sp³-hybridized carbons (Fsp3) is 0.250. The van der Waals surface area contributed by atoms with Gasteiger partial charge in [0.1, 0.15) is 0 Å². The number of fused-ring (bicyclic) bond motifs is 1. The van der Waals surface area contributed by atoms with E-state index in [1.54, 1.807) is 11.6 Å². The van der Waals surface area contributed by atoms with E-state index in [9.17, 15) is 13.2 Å². The van der Waals surface area contributed by atoms with Crippen molar-refractivity contribution in [3.05, 3.63) is 23.8 Å². The maximum atomic E-state index is 12.6. The number of nitrogens with zero attached hydrogens (tertiary/aromatic N) is 2. The smallest absolute Gasteiger partial charge is 0.322 e. The minimum absolute atomic E-state index is 0.326. The minimum Gasteiger partial charge on any atom is -0.322 e. The summed E-state index contributed by atoms with van der Waals surface area (Å²) in [7, 11) is 1.75. The number of alkyl halides is 3. The lowest BCUT2D eigenvalue weighted by Crippen LogP contribution is -2.04. The van der Waals surface area contributed by atoms with Gasteiger partial charge in [0.2, 0.25) is 0 Å². The van der Waals surface area contributed by atoms with Crippen LogP contribution in [0.25, 0.3) is 11.0 Å². The van der Waals surface area contributed by atoms with E-state index in [4.69, 9.17) is 6.42 Å². The summed E-state index contributed by atoms with van der Waals surface area (Å²) in [6.07, 6.45) is 0.796. The average molecular weight is 270 g/mol. The normalized spacial score (nSPS) is 11.7. The highest BCUT2D eigenvalue weighted by Crippen LogP contribution is 2.32. The van der Waals surface area contributed by atoms with E-state index in [0.717, 1.165) is 12.1 Å². The molecule has 0 unspecified atom stereocenters. The molecule has 0 saturated carbocycles. The molecule has 1 heterocycles. The molecule has 2 nitrogen and oxygen atoms in total. The van der Waals surface area contributed by atoms with E-state index < -0.39 is 11.7 Å². The number of rotatable bonds is 2. The van der Waals surface area contributed by atoms with Gasteiger partial charge in [0, 0.05) is 7.05 Å². The van der Waals surface area contributed by atoms with Crippen molar-refractivity contribution >= 4 is 22.8 Å². The van der Waals surface area contributed by atoms with Gasteiger partial charge >= 0.3 is 6.18 Å². The zero-order valence-corrected chi connectivity index (χ0v) is 10.3. The van der Waals surface area contributed by atoms with Crippen molar-refractivity contribution in [1.29, 1.82) is 0 Å². The number of imidazole rings is 1. The third-order valence-corrected chi connectivity index (χ3v) is 3.39. The van der Waals surface area contributed by atoms with Crippen LogP contribution in [0.4, 0.5) is 13.2 Å². The number of aromatic nitrogens is 2. The second kappa shape index (κ2) is 4.58. The summed E-state index contributed by atoms with van der Waals surface area (Å²) in [6.45, 7) is 0. The van der Waals surface area contributed by atoms with Gasteiger partial charge in [-0.3, -0.25) is 0 Å². The third-order valence-electron chi connectivity index (χ3n) is 2.45. The molecule has 0 amide bonds. The van der Waals surface area contributed by atoms with E-state index in [-0.39, 0.29) is 0 Å². The predicted molar refractivity (Wildman–Crippen MR) is 65.3 cm³/mol. The number of terminal acetylenes is 1. The molecule has 94 valence electrons. The first-order valence-electron chi connectivity index (χ1n) is 5.03. The molecule has 0 fully saturated rings. The number of hydrogen-bond donors (Lipinski definition) is 0. The molecule has 0 atom stereocenters. The summed E-state index contributed by atoms with van der Waals surface area (Å²) in [5, 5.41) is 0.613. The number of hydrogen-bond acceptors (Lipinski definition) is 2. The molecule has 0 aliphatic heterocycles. The number of thioether (sulfide) groups is 1. The summed E-state index contributed by atoms with van der Waals surface area (Å²) in [4.78, 5) is 4.15. The average Bonchev–Trinajstić information content (AvgIpc) is 2.62. The third kappa shape index (κ3) is 2.31. The van der Waals surface area contributed by atoms with Crippen LogP contribution in [0.15, 0.2) is 23.4 Å². The number of aryl methyl sites for hydroxylation is 1. The van der Waals surface area contributed by atoms with Gasteiger partial charge in [-0.05, 0) is 18.2 Å². The quantitative estimate of drug-likeness (QED) is 0.615. The van der Waals surface area contributed by atoms with Crippen LogP contribution in [-0.2, 0) is 13.2 Å². The van der Waals surface area contributed by atoms with Crippen molar-refractivity contribution in [2.24, 2.45) is 7.05 Å². The van der Waals surface area contributed by atoms with Crippen LogP contribution in [0.1, 0.15) is 5.56 Å². The predicted octanol–water partition coefficient (Wildman–Crippen LogP) is 3.32. The van der Waals surface area contributed by atoms with E-state index in [2.05, 4.69) is 10.9 Å². The van der Waals surface area contributed by atoms with Crippen molar-refractivity contribution in [1.82, 2.24) is 9.55 Å². The molecule has 0 radical (unpaired) electrons. The molecule has 2 aromatic rings. The molecule has 0 saturated heterocycles. The largest absolute Gasteiger partial charge is 0.416 e. The van der Waals surface area contributed by atoms with Crippen LogP contribution >= 0.6 is 11.8 Å². The highest BCUT2D eigenvalue weighted by atomic mass is 32.2. The molecule has 6 heteroatoms. The summed E-state index contributed by atoms with van der Waals surface area (Å²) in [6, 6.07) is 3.53. The van der Waals surface area contributed by atoms with Gasteiger partial charge in [-0.15, -0.1) is 6.42 Å². The second-order valence-electron chi connectivity index (χ2n) is 3.65. The van der Waals surface area contributed by atoms with Gasteiger partial charge in [0.15, 0.2) is 5.16 Å². The molecule has 0 aliphatic rings. The molecule has 0 spiro atoms. The SMILES string of the molecule is C#CCSc1nc2cc(C(F)(F)F)ccc2n1C. The summed E-state index contributed by atoms with van der Waals surface area (Å²) in [5.41, 5.74) is 0.288. The molecule has 2 rings (SSSR count). The maximum absolute atomic E-state index is 12.6. The Labute approximate surface area is 106 Å². The Morgan fingerprint density at radius 2 is 2.17 bits per heavy atom. The lowest BCUT2D eigenvalue weighted by molar-refractivity contribution is -0.137. The number of benzene rings is 1. The van der Waals surface area contributed by atoms with Crippen molar-refractivity contribution < 1.29 is 13.2 Å². The fourth-order valence-electron chi connectivity index (χ4n) is 1.59. The van der Waals surface area contributed by atoms with Crippen LogP contribution in [0.5, 0.6) is 0 Å². The monoisotopic (exact) mass is 270 g/mol. The Morgan fingerprint density at radius 3 is 2.78 bits per heavy atom. The first kappa shape index (κ1) is 12.8. The van der Waals surface area contributed by atoms with Crippen LogP contribution in [-0.4, -0.2) is 15.3 Å². The minimum atomic E-state index is -4.35. The summed E-state index contributed by atoms with van der Waals surface area (Å²) >= 11 is 1.32. The fourth-order valence-corrected chi connectivity index (χ4v) is 2.26. The van der Waals surface area contributed by atoms with E-state index >= 15 is 0 Å². The Morgan fingerprint density at radius 1 is 1.44 bits per heavy atom. The molecule has 0 N–H and O–H groups in total. The van der Waals surface area contributed by atoms with Gasteiger partial charge in [0.25, 0.3) is 0 Å². The highest BCUT2D eigenvalue weighted by Gasteiger charge is 2.30. The van der Waals surface area contributed by atoms with Crippen molar-refractivity contribution in [3.63, 3.8) is 0 Å². The summed E-state index contributed by atoms with van der Waals surface area (Å²) in [5.74, 6) is 2.89. The molecule has 1 aromatic carbocycles. The first-order chi connectivity index (χ1) is 8.43. The summed E-state index contributed by atoms with van der Waals surface area (Å²) < 4.78 is 39.4. The maximum Gasteiger partial charge on any atom is 0.416 e. The lowest BCUT2D eigenvalue weighted by Gasteiger charge is -2.05.